The van der Waals surface area contributed by atoms with Crippen molar-refractivity contribution in [3.8, 4) is 0 Å². The average molecular weight is 503 g/mol. The fourth-order valence-electron chi connectivity index (χ4n) is 2.66. The molecule has 0 saturated carbocycles. The number of hydrogen-bond acceptors (Lipinski definition) is 5. The third kappa shape index (κ3) is 6.27. The number of carbonyl (C=O) groups excluding carboxylic acids is 1. The molecular formula is C20H19BrF4N4O2. The summed E-state index contributed by atoms with van der Waals surface area (Å²) >= 11 is 3.10. The zero-order valence-electron chi connectivity index (χ0n) is 16.7. The summed E-state index contributed by atoms with van der Waals surface area (Å²) < 4.78 is 58.7. The summed E-state index contributed by atoms with van der Waals surface area (Å²) in [6.45, 7) is 1.98. The molecule has 166 valence electrons. The van der Waals surface area contributed by atoms with E-state index in [9.17, 15) is 22.4 Å². The average Bonchev–Trinajstić information content (AvgIpc) is 2.71. The van der Waals surface area contributed by atoms with E-state index in [1.165, 1.54) is 24.3 Å². The lowest BCUT2D eigenvalue weighted by Crippen LogP contribution is -2.24. The highest BCUT2D eigenvalue weighted by Gasteiger charge is 2.19. The molecule has 0 spiro atoms. The lowest BCUT2D eigenvalue weighted by atomic mass is 10.1. The van der Waals surface area contributed by atoms with Gasteiger partial charge in [-0.3, -0.25) is 4.79 Å². The van der Waals surface area contributed by atoms with E-state index >= 15 is 0 Å². The van der Waals surface area contributed by atoms with Crippen molar-refractivity contribution < 1.29 is 27.1 Å². The largest absolute Gasteiger partial charge is 0.470 e. The third-order valence-electron chi connectivity index (χ3n) is 4.08. The van der Waals surface area contributed by atoms with Gasteiger partial charge in [0.05, 0.1) is 22.4 Å². The van der Waals surface area contributed by atoms with Crippen molar-refractivity contribution >= 4 is 46.3 Å². The summed E-state index contributed by atoms with van der Waals surface area (Å²) in [5, 5.41) is 6.73. The normalized spacial score (nSPS) is 11.4. The van der Waals surface area contributed by atoms with E-state index in [1.54, 1.807) is 19.0 Å². The predicted molar refractivity (Wildman–Crippen MR) is 115 cm³/mol. The Balaban J connectivity index is 2.36. The topological polar surface area (TPSA) is 57.5 Å². The Hall–Kier alpha value is -2.95. The molecule has 6 nitrogen and oxygen atoms in total. The van der Waals surface area contributed by atoms with Gasteiger partial charge in [-0.25, -0.2) is 17.6 Å². The Morgan fingerprint density at radius 3 is 2.45 bits per heavy atom. The van der Waals surface area contributed by atoms with Gasteiger partial charge in [-0.1, -0.05) is 6.07 Å². The predicted octanol–water partition coefficient (Wildman–Crippen LogP) is 4.60. The van der Waals surface area contributed by atoms with Gasteiger partial charge in [-0.2, -0.15) is 5.10 Å². The molecule has 0 atom stereocenters. The van der Waals surface area contributed by atoms with Gasteiger partial charge in [0.25, 0.3) is 6.43 Å². The first-order chi connectivity index (χ1) is 14.7. The van der Waals surface area contributed by atoms with E-state index in [2.05, 4.69) is 32.9 Å². The van der Waals surface area contributed by atoms with Gasteiger partial charge in [-0.15, -0.1) is 5.10 Å². The SMILES string of the molecule is C=N/N=C(\OCC(F)F)c1ccc(CN(C=O)c2cc(F)c(Br)cc2N(C)C)c(F)c1. The first-order valence-corrected chi connectivity index (χ1v) is 9.59. The molecule has 0 unspecified atom stereocenters. The molecule has 0 aromatic heterocycles. The number of alkyl halides is 2. The van der Waals surface area contributed by atoms with Crippen LogP contribution in [0.4, 0.5) is 28.9 Å². The molecule has 2 rings (SSSR count). The smallest absolute Gasteiger partial charge is 0.272 e. The Labute approximate surface area is 184 Å². The summed E-state index contributed by atoms with van der Waals surface area (Å²) in [4.78, 5) is 14.6. The minimum absolute atomic E-state index is 0.0654. The van der Waals surface area contributed by atoms with Crippen LogP contribution >= 0.6 is 15.9 Å². The van der Waals surface area contributed by atoms with Crippen LogP contribution in [0.15, 0.2) is 45.0 Å². The molecule has 0 saturated heterocycles. The van der Waals surface area contributed by atoms with Gasteiger partial charge in [-0.05, 0) is 34.1 Å². The summed E-state index contributed by atoms with van der Waals surface area (Å²) in [5.74, 6) is -1.65. The van der Waals surface area contributed by atoms with Crippen LogP contribution < -0.4 is 9.80 Å². The maximum Gasteiger partial charge on any atom is 0.272 e. The van der Waals surface area contributed by atoms with Crippen molar-refractivity contribution in [1.82, 2.24) is 0 Å². The van der Waals surface area contributed by atoms with Crippen molar-refractivity contribution in [3.05, 3.63) is 57.6 Å². The van der Waals surface area contributed by atoms with Gasteiger partial charge in [0.15, 0.2) is 6.61 Å². The van der Waals surface area contributed by atoms with Gasteiger partial charge in [0.2, 0.25) is 12.3 Å². The summed E-state index contributed by atoms with van der Waals surface area (Å²) in [5.41, 5.74) is 0.936. The minimum Gasteiger partial charge on any atom is -0.470 e. The second-order valence-electron chi connectivity index (χ2n) is 6.44. The number of amides is 1. The Morgan fingerprint density at radius 2 is 1.90 bits per heavy atom. The molecule has 0 aliphatic rings. The van der Waals surface area contributed by atoms with E-state index in [0.717, 1.165) is 11.0 Å². The van der Waals surface area contributed by atoms with E-state index < -0.39 is 24.7 Å². The molecule has 0 aliphatic carbocycles. The first kappa shape index (κ1) is 24.3. The van der Waals surface area contributed by atoms with Crippen LogP contribution in [0.5, 0.6) is 0 Å². The van der Waals surface area contributed by atoms with Crippen LogP contribution in [0, 0.1) is 11.6 Å². The fraction of sp³-hybridized carbons (Fsp3) is 0.250. The zero-order chi connectivity index (χ0) is 23.1. The fourth-order valence-corrected chi connectivity index (χ4v) is 2.99. The number of halogens is 5. The molecule has 0 bridgehead atoms. The third-order valence-corrected chi connectivity index (χ3v) is 4.69. The molecule has 0 heterocycles. The highest BCUT2D eigenvalue weighted by atomic mass is 79.9. The van der Waals surface area contributed by atoms with Crippen LogP contribution in [-0.2, 0) is 16.1 Å². The molecule has 0 aliphatic heterocycles. The van der Waals surface area contributed by atoms with Crippen LogP contribution in [-0.4, -0.2) is 46.2 Å². The van der Waals surface area contributed by atoms with Gasteiger partial charge < -0.3 is 14.5 Å². The quantitative estimate of drug-likeness (QED) is 0.165. The van der Waals surface area contributed by atoms with Crippen LogP contribution in [0.25, 0.3) is 0 Å². The molecule has 2 aromatic rings. The van der Waals surface area contributed by atoms with E-state index in [1.807, 2.05) is 0 Å². The van der Waals surface area contributed by atoms with Crippen molar-refractivity contribution in [1.29, 1.82) is 0 Å². The Bertz CT molecular complexity index is 986. The number of hydrogen-bond donors (Lipinski definition) is 0. The van der Waals surface area contributed by atoms with E-state index in [-0.39, 0.29) is 33.7 Å². The van der Waals surface area contributed by atoms with Crippen molar-refractivity contribution in [3.63, 3.8) is 0 Å². The van der Waals surface area contributed by atoms with E-state index in [0.29, 0.717) is 12.1 Å². The van der Waals surface area contributed by atoms with Gasteiger partial charge >= 0.3 is 0 Å². The lowest BCUT2D eigenvalue weighted by Gasteiger charge is -2.25. The maximum absolute atomic E-state index is 14.7. The lowest BCUT2D eigenvalue weighted by molar-refractivity contribution is -0.107. The molecule has 11 heteroatoms. The van der Waals surface area contributed by atoms with Crippen LogP contribution in [0.2, 0.25) is 0 Å². The summed E-state index contributed by atoms with van der Waals surface area (Å²) in [6.07, 6.45) is -2.29. The Kier molecular flexibility index (Phi) is 8.55. The minimum atomic E-state index is -2.75. The summed E-state index contributed by atoms with van der Waals surface area (Å²) in [6, 6.07) is 6.41. The second-order valence-corrected chi connectivity index (χ2v) is 7.29. The van der Waals surface area contributed by atoms with Crippen molar-refractivity contribution in [2.24, 2.45) is 10.2 Å². The number of rotatable bonds is 9. The monoisotopic (exact) mass is 502 g/mol. The molecule has 1 amide bonds. The molecule has 2 aromatic carbocycles. The number of carbonyl (C=O) groups is 1. The summed E-state index contributed by atoms with van der Waals surface area (Å²) in [7, 11) is 3.44. The molecule has 0 fully saturated rings. The number of ether oxygens (including phenoxy) is 1. The number of anilines is 2. The number of benzene rings is 2. The van der Waals surface area contributed by atoms with Gasteiger partial charge in [0, 0.05) is 38.0 Å². The van der Waals surface area contributed by atoms with E-state index in [4.69, 9.17) is 4.74 Å². The zero-order valence-corrected chi connectivity index (χ0v) is 18.2. The first-order valence-electron chi connectivity index (χ1n) is 8.79. The van der Waals surface area contributed by atoms with Crippen molar-refractivity contribution in [2.75, 3.05) is 30.5 Å². The highest BCUT2D eigenvalue weighted by molar-refractivity contribution is 9.10. The molecular weight excluding hydrogens is 484 g/mol. The standard InChI is InChI=1S/C20H19BrF4N4O2/c1-26-27-20(31-10-19(24)25)12-4-5-13(15(22)6-12)9-29(11-30)18-8-16(23)14(21)7-17(18)28(2)3/h4-8,11,19H,1,9-10H2,2-3H3/b27-20-. The Morgan fingerprint density at radius 1 is 1.19 bits per heavy atom. The molecule has 31 heavy (non-hydrogen) atoms. The number of nitrogens with zero attached hydrogens (tertiary/aromatic N) is 4. The van der Waals surface area contributed by atoms with Crippen molar-refractivity contribution in [2.45, 2.75) is 13.0 Å². The maximum atomic E-state index is 14.7. The van der Waals surface area contributed by atoms with Crippen LogP contribution in [0.1, 0.15) is 11.1 Å². The molecule has 0 radical (unpaired) electrons. The van der Waals surface area contributed by atoms with Gasteiger partial charge in [0.1, 0.15) is 11.6 Å². The van der Waals surface area contributed by atoms with Crippen LogP contribution in [0.3, 0.4) is 0 Å². The second kappa shape index (κ2) is 10.9. The molecule has 0 N–H and O–H groups in total. The highest BCUT2D eigenvalue weighted by Crippen LogP contribution is 2.34.